The van der Waals surface area contributed by atoms with Crippen molar-refractivity contribution in [2.45, 2.75) is 33.6 Å². The number of nitrogens with zero attached hydrogens (tertiary/aromatic N) is 1. The predicted octanol–water partition coefficient (Wildman–Crippen LogP) is 5.81. The molecule has 0 aromatic heterocycles. The van der Waals surface area contributed by atoms with Gasteiger partial charge in [-0.15, -0.1) is 0 Å². The lowest BCUT2D eigenvalue weighted by atomic mass is 10.0. The molecule has 1 heterocycles. The average Bonchev–Trinajstić information content (AvgIpc) is 3.03. The Kier molecular flexibility index (Phi) is 8.21. The molecule has 0 aliphatic carbocycles. The summed E-state index contributed by atoms with van der Waals surface area (Å²) < 4.78 is 18.0. The Labute approximate surface area is 199 Å². The Morgan fingerprint density at radius 1 is 1.06 bits per heavy atom. The molecule has 1 fully saturated rings. The second kappa shape index (κ2) is 10.9. The third kappa shape index (κ3) is 5.64. The fraction of sp³-hybridized carbons (Fsp3) is 0.360. The molecular formula is C25H29NO4S2. The molecular weight excluding hydrogens is 442 g/mol. The van der Waals surface area contributed by atoms with E-state index in [1.54, 1.807) is 12.0 Å². The highest BCUT2D eigenvalue weighted by molar-refractivity contribution is 8.26. The fourth-order valence-corrected chi connectivity index (χ4v) is 4.75. The first-order valence-corrected chi connectivity index (χ1v) is 11.9. The maximum atomic E-state index is 12.4. The van der Waals surface area contributed by atoms with Crippen molar-refractivity contribution in [3.8, 4) is 17.2 Å². The summed E-state index contributed by atoms with van der Waals surface area (Å²) in [4.78, 5) is 14.6. The lowest BCUT2D eigenvalue weighted by Crippen LogP contribution is -2.27. The van der Waals surface area contributed by atoms with Crippen LogP contribution < -0.4 is 14.2 Å². The van der Waals surface area contributed by atoms with Crippen LogP contribution in [0.25, 0.3) is 6.08 Å². The molecule has 1 aliphatic heterocycles. The number of methoxy groups -OCH3 is 1. The van der Waals surface area contributed by atoms with E-state index in [9.17, 15) is 4.79 Å². The van der Waals surface area contributed by atoms with Crippen LogP contribution in [-0.2, 0) is 4.79 Å². The summed E-state index contributed by atoms with van der Waals surface area (Å²) in [6.07, 6.45) is 1.83. The first-order chi connectivity index (χ1) is 15.3. The first kappa shape index (κ1) is 24.1. The van der Waals surface area contributed by atoms with Crippen LogP contribution in [0.5, 0.6) is 17.2 Å². The Bertz CT molecular complexity index is 1030. The number of carbonyl (C=O) groups excluding carboxylic acids is 1. The summed E-state index contributed by atoms with van der Waals surface area (Å²) in [6.45, 7) is 9.65. The van der Waals surface area contributed by atoms with E-state index in [2.05, 4.69) is 39.0 Å². The van der Waals surface area contributed by atoms with Crippen LogP contribution >= 0.6 is 24.0 Å². The Morgan fingerprint density at radius 3 is 2.41 bits per heavy atom. The van der Waals surface area contributed by atoms with Crippen LogP contribution in [0.2, 0.25) is 0 Å². The standard InChI is InChI=1S/C25H29NO4S2/c1-6-26-24(27)23(32-25(26)31)15-18-8-10-20(22(14-18)28-5)29-11-12-30-21-13-17(4)7-9-19(21)16(2)3/h7-10,13-16H,6,11-12H2,1-5H3/b23-15-. The molecule has 0 unspecified atom stereocenters. The number of aryl methyl sites for hydroxylation is 1. The van der Waals surface area contributed by atoms with Crippen LogP contribution in [0.4, 0.5) is 0 Å². The Hall–Kier alpha value is -2.51. The smallest absolute Gasteiger partial charge is 0.266 e. The van der Waals surface area contributed by atoms with Crippen molar-refractivity contribution in [3.05, 3.63) is 58.0 Å². The third-order valence-electron chi connectivity index (χ3n) is 5.06. The van der Waals surface area contributed by atoms with E-state index in [-0.39, 0.29) is 5.91 Å². The zero-order valence-corrected chi connectivity index (χ0v) is 20.8. The summed E-state index contributed by atoms with van der Waals surface area (Å²) in [5.41, 5.74) is 3.20. The van der Waals surface area contributed by atoms with Crippen molar-refractivity contribution < 1.29 is 19.0 Å². The van der Waals surface area contributed by atoms with Crippen molar-refractivity contribution in [1.29, 1.82) is 0 Å². The van der Waals surface area contributed by atoms with Gasteiger partial charge in [0.05, 0.1) is 12.0 Å². The van der Waals surface area contributed by atoms with Gasteiger partial charge < -0.3 is 14.2 Å². The minimum atomic E-state index is -0.0594. The Balaban J connectivity index is 1.64. The van der Waals surface area contributed by atoms with Gasteiger partial charge in [-0.3, -0.25) is 9.69 Å². The number of hydrogen-bond donors (Lipinski definition) is 0. The molecule has 1 amide bonds. The highest BCUT2D eigenvalue weighted by Gasteiger charge is 2.30. The predicted molar refractivity (Wildman–Crippen MR) is 135 cm³/mol. The van der Waals surface area contributed by atoms with E-state index >= 15 is 0 Å². The van der Waals surface area contributed by atoms with E-state index in [4.69, 9.17) is 26.4 Å². The van der Waals surface area contributed by atoms with Crippen molar-refractivity contribution in [1.82, 2.24) is 4.90 Å². The minimum Gasteiger partial charge on any atom is -0.493 e. The van der Waals surface area contributed by atoms with Gasteiger partial charge in [0.1, 0.15) is 23.3 Å². The maximum absolute atomic E-state index is 12.4. The number of thiocarbonyl (C=S) groups is 1. The molecule has 0 spiro atoms. The molecule has 1 saturated heterocycles. The molecule has 2 aromatic rings. The van der Waals surface area contributed by atoms with Gasteiger partial charge in [0.15, 0.2) is 11.5 Å². The van der Waals surface area contributed by atoms with Crippen molar-refractivity contribution in [2.24, 2.45) is 0 Å². The van der Waals surface area contributed by atoms with Gasteiger partial charge in [-0.05, 0) is 60.7 Å². The van der Waals surface area contributed by atoms with E-state index in [0.29, 0.717) is 46.4 Å². The molecule has 5 nitrogen and oxygen atoms in total. The van der Waals surface area contributed by atoms with E-state index in [1.165, 1.54) is 22.9 Å². The first-order valence-electron chi connectivity index (χ1n) is 10.6. The molecule has 2 aromatic carbocycles. The number of thioether (sulfide) groups is 1. The molecule has 7 heteroatoms. The molecule has 0 bridgehead atoms. The largest absolute Gasteiger partial charge is 0.493 e. The number of likely N-dealkylation sites (N-methyl/N-ethyl adjacent to an activating group) is 1. The summed E-state index contributed by atoms with van der Waals surface area (Å²) in [7, 11) is 1.60. The maximum Gasteiger partial charge on any atom is 0.266 e. The van der Waals surface area contributed by atoms with Gasteiger partial charge >= 0.3 is 0 Å². The topological polar surface area (TPSA) is 48.0 Å². The summed E-state index contributed by atoms with van der Waals surface area (Å²) in [5.74, 6) is 2.45. The summed E-state index contributed by atoms with van der Waals surface area (Å²) in [6, 6.07) is 11.9. The van der Waals surface area contributed by atoms with Crippen molar-refractivity contribution in [2.75, 3.05) is 26.9 Å². The number of ether oxygens (including phenoxy) is 3. The monoisotopic (exact) mass is 471 g/mol. The second-order valence-corrected chi connectivity index (χ2v) is 9.40. The quantitative estimate of drug-likeness (QED) is 0.261. The van der Waals surface area contributed by atoms with Gasteiger partial charge in [0.25, 0.3) is 5.91 Å². The van der Waals surface area contributed by atoms with E-state index in [0.717, 1.165) is 11.3 Å². The average molecular weight is 472 g/mol. The number of carbonyl (C=O) groups is 1. The van der Waals surface area contributed by atoms with Gasteiger partial charge in [-0.2, -0.15) is 0 Å². The lowest BCUT2D eigenvalue weighted by Gasteiger charge is -2.16. The zero-order chi connectivity index (χ0) is 23.3. The van der Waals surface area contributed by atoms with Gasteiger partial charge in [0.2, 0.25) is 0 Å². The SMILES string of the molecule is CCN1C(=O)/C(=C/c2ccc(OCCOc3cc(C)ccc3C(C)C)c(OC)c2)SC1=S. The van der Waals surface area contributed by atoms with Crippen LogP contribution in [0.1, 0.15) is 43.4 Å². The second-order valence-electron chi connectivity index (χ2n) is 7.73. The molecule has 32 heavy (non-hydrogen) atoms. The number of benzene rings is 2. The van der Waals surface area contributed by atoms with E-state index < -0.39 is 0 Å². The van der Waals surface area contributed by atoms with Gasteiger partial charge in [-0.1, -0.05) is 56.0 Å². The number of rotatable bonds is 9. The molecule has 0 atom stereocenters. The van der Waals surface area contributed by atoms with Crippen molar-refractivity contribution in [3.63, 3.8) is 0 Å². The third-order valence-corrected chi connectivity index (χ3v) is 6.44. The van der Waals surface area contributed by atoms with Crippen LogP contribution in [0.3, 0.4) is 0 Å². The molecule has 0 radical (unpaired) electrons. The van der Waals surface area contributed by atoms with E-state index in [1.807, 2.05) is 31.2 Å². The molecule has 0 N–H and O–H groups in total. The highest BCUT2D eigenvalue weighted by Crippen LogP contribution is 2.34. The van der Waals surface area contributed by atoms with Crippen LogP contribution in [0.15, 0.2) is 41.3 Å². The normalized spacial score (nSPS) is 15.1. The van der Waals surface area contributed by atoms with Crippen LogP contribution in [-0.4, -0.2) is 42.0 Å². The molecule has 0 saturated carbocycles. The highest BCUT2D eigenvalue weighted by atomic mass is 32.2. The van der Waals surface area contributed by atoms with Gasteiger partial charge in [0, 0.05) is 6.54 Å². The Morgan fingerprint density at radius 2 is 1.78 bits per heavy atom. The molecule has 1 aliphatic rings. The van der Waals surface area contributed by atoms with Gasteiger partial charge in [-0.25, -0.2) is 0 Å². The summed E-state index contributed by atoms with van der Waals surface area (Å²) in [5, 5.41) is 0. The molecule has 3 rings (SSSR count). The lowest BCUT2D eigenvalue weighted by molar-refractivity contribution is -0.121. The van der Waals surface area contributed by atoms with Crippen molar-refractivity contribution >= 4 is 40.3 Å². The van der Waals surface area contributed by atoms with Crippen LogP contribution in [0, 0.1) is 6.92 Å². The fourth-order valence-electron chi connectivity index (χ4n) is 3.36. The summed E-state index contributed by atoms with van der Waals surface area (Å²) >= 11 is 6.59. The zero-order valence-electron chi connectivity index (χ0n) is 19.1. The molecule has 170 valence electrons. The number of amides is 1. The minimum absolute atomic E-state index is 0.0594. The number of hydrogen-bond acceptors (Lipinski definition) is 6.